The van der Waals surface area contributed by atoms with Gasteiger partial charge >= 0.3 is 0 Å². The Hall–Kier alpha value is -1.90. The first-order valence-electron chi connectivity index (χ1n) is 5.42. The summed E-state index contributed by atoms with van der Waals surface area (Å²) in [5.41, 5.74) is 1.13. The number of anilines is 1. The summed E-state index contributed by atoms with van der Waals surface area (Å²) in [6.07, 6.45) is 3.22. The fraction of sp³-hybridized carbons (Fsp3) is 0. The summed E-state index contributed by atoms with van der Waals surface area (Å²) < 4.78 is 1.02. The molecule has 2 aromatic rings. The number of nitriles is 1. The molecule has 19 heavy (non-hydrogen) atoms. The molecule has 0 aliphatic rings. The Bertz CT molecular complexity index is 670. The average molecular weight is 333 g/mol. The summed E-state index contributed by atoms with van der Waals surface area (Å²) in [5, 5.41) is 11.5. The van der Waals surface area contributed by atoms with E-state index in [1.807, 2.05) is 18.2 Å². The highest BCUT2D eigenvalue weighted by atomic mass is 79.9. The van der Waals surface area contributed by atoms with Gasteiger partial charge in [-0.2, -0.15) is 5.26 Å². The number of hydrogen-bond donors (Lipinski definition) is 1. The third-order valence-electron chi connectivity index (χ3n) is 2.25. The molecule has 0 aliphatic carbocycles. The number of hydrogen-bond acceptors (Lipinski definition) is 3. The van der Waals surface area contributed by atoms with Gasteiger partial charge < -0.3 is 5.32 Å². The quantitative estimate of drug-likeness (QED) is 0.862. The van der Waals surface area contributed by atoms with Crippen molar-refractivity contribution in [2.24, 2.45) is 0 Å². The zero-order valence-electron chi connectivity index (χ0n) is 9.76. The topological polar surface area (TPSA) is 52.9 Å². The lowest BCUT2D eigenvalue weighted by Crippen LogP contribution is -2.07. The highest BCUT2D eigenvalue weighted by molar-refractivity contribution is 9.11. The van der Waals surface area contributed by atoms with Crippen LogP contribution in [0, 0.1) is 11.3 Å². The molecule has 3 nitrogen and oxygen atoms in total. The summed E-state index contributed by atoms with van der Waals surface area (Å²) in [5.74, 6) is -0.223. The molecule has 5 heteroatoms. The van der Waals surface area contributed by atoms with Crippen LogP contribution in [0.5, 0.6) is 0 Å². The molecule has 0 saturated carbocycles. The van der Waals surface area contributed by atoms with Gasteiger partial charge in [-0.3, -0.25) is 4.79 Å². The average Bonchev–Trinajstić information content (AvgIpc) is 2.82. The van der Waals surface area contributed by atoms with Crippen molar-refractivity contribution in [2.45, 2.75) is 0 Å². The third-order valence-corrected chi connectivity index (χ3v) is 3.84. The Balaban J connectivity index is 2.01. The first-order valence-corrected chi connectivity index (χ1v) is 7.03. The molecule has 0 radical (unpaired) electrons. The van der Waals surface area contributed by atoms with Crippen molar-refractivity contribution < 1.29 is 4.79 Å². The first-order chi connectivity index (χ1) is 9.17. The van der Waals surface area contributed by atoms with Crippen LogP contribution in [0.15, 0.2) is 46.3 Å². The van der Waals surface area contributed by atoms with Gasteiger partial charge in [0.15, 0.2) is 0 Å². The van der Waals surface area contributed by atoms with Crippen LogP contribution >= 0.6 is 27.3 Å². The van der Waals surface area contributed by atoms with Crippen LogP contribution in [-0.2, 0) is 4.79 Å². The van der Waals surface area contributed by atoms with Crippen LogP contribution in [0.4, 0.5) is 5.69 Å². The summed E-state index contributed by atoms with van der Waals surface area (Å²) in [4.78, 5) is 12.7. The summed E-state index contributed by atoms with van der Waals surface area (Å²) >= 11 is 4.91. The number of carbonyl (C=O) groups excluding carboxylic acids is 1. The van der Waals surface area contributed by atoms with Gasteiger partial charge in [-0.05, 0) is 52.3 Å². The van der Waals surface area contributed by atoms with E-state index in [0.717, 1.165) is 8.66 Å². The van der Waals surface area contributed by atoms with Gasteiger partial charge in [0.2, 0.25) is 5.91 Å². The number of nitrogens with one attached hydrogen (secondary N) is 1. The number of carbonyl (C=O) groups is 1. The van der Waals surface area contributed by atoms with Gasteiger partial charge in [0.05, 0.1) is 15.4 Å². The lowest BCUT2D eigenvalue weighted by Gasteiger charge is -2.01. The molecule has 0 spiro atoms. The van der Waals surface area contributed by atoms with Gasteiger partial charge in [0, 0.05) is 16.6 Å². The molecule has 0 unspecified atom stereocenters. The largest absolute Gasteiger partial charge is 0.322 e. The Morgan fingerprint density at radius 2 is 2.21 bits per heavy atom. The van der Waals surface area contributed by atoms with Crippen molar-refractivity contribution in [1.29, 1.82) is 5.26 Å². The second kappa shape index (κ2) is 6.32. The summed E-state index contributed by atoms with van der Waals surface area (Å²) in [6.45, 7) is 0. The van der Waals surface area contributed by atoms with Gasteiger partial charge in [-0.25, -0.2) is 0 Å². The van der Waals surface area contributed by atoms with Crippen molar-refractivity contribution in [2.75, 3.05) is 5.32 Å². The van der Waals surface area contributed by atoms with Crippen LogP contribution in [0.2, 0.25) is 0 Å². The fourth-order valence-corrected chi connectivity index (χ4v) is 2.75. The number of thiophene rings is 1. The smallest absolute Gasteiger partial charge is 0.248 e. The normalized spacial score (nSPS) is 10.3. The summed E-state index contributed by atoms with van der Waals surface area (Å²) in [6, 6.07) is 12.7. The maximum absolute atomic E-state index is 11.7. The van der Waals surface area contributed by atoms with E-state index in [4.69, 9.17) is 5.26 Å². The van der Waals surface area contributed by atoms with E-state index in [-0.39, 0.29) is 5.91 Å². The number of halogens is 1. The Morgan fingerprint density at radius 3 is 2.89 bits per heavy atom. The second-order valence-corrected chi connectivity index (χ2v) is 6.15. The van der Waals surface area contributed by atoms with E-state index in [1.165, 1.54) is 6.08 Å². The van der Waals surface area contributed by atoms with Crippen molar-refractivity contribution in [3.8, 4) is 6.07 Å². The maximum atomic E-state index is 11.7. The third kappa shape index (κ3) is 4.05. The van der Waals surface area contributed by atoms with Gasteiger partial charge in [0.25, 0.3) is 0 Å². The Morgan fingerprint density at radius 1 is 1.37 bits per heavy atom. The predicted molar refractivity (Wildman–Crippen MR) is 80.8 cm³/mol. The molecule has 0 bridgehead atoms. The minimum Gasteiger partial charge on any atom is -0.322 e. The van der Waals surface area contributed by atoms with Crippen molar-refractivity contribution in [1.82, 2.24) is 0 Å². The minimum atomic E-state index is -0.223. The van der Waals surface area contributed by atoms with Crippen molar-refractivity contribution in [3.63, 3.8) is 0 Å². The van der Waals surface area contributed by atoms with E-state index in [2.05, 4.69) is 21.2 Å². The molecule has 0 fully saturated rings. The molecule has 2 rings (SSSR count). The molecular formula is C14H9BrN2OS. The van der Waals surface area contributed by atoms with E-state index >= 15 is 0 Å². The summed E-state index contributed by atoms with van der Waals surface area (Å²) in [7, 11) is 0. The molecule has 94 valence electrons. The maximum Gasteiger partial charge on any atom is 0.248 e. The van der Waals surface area contributed by atoms with Crippen LogP contribution in [0.3, 0.4) is 0 Å². The second-order valence-electron chi connectivity index (χ2n) is 3.66. The molecular weight excluding hydrogens is 324 g/mol. The van der Waals surface area contributed by atoms with Crippen molar-refractivity contribution >= 4 is 44.9 Å². The molecule has 0 atom stereocenters. The van der Waals surface area contributed by atoms with Gasteiger partial charge in [-0.1, -0.05) is 6.07 Å². The van der Waals surface area contributed by atoms with Gasteiger partial charge in [-0.15, -0.1) is 11.3 Å². The minimum absolute atomic E-state index is 0.223. The SMILES string of the molecule is N#Cc1cccc(NC(=O)/C=C/c2ccc(Br)s2)c1. The van der Waals surface area contributed by atoms with E-state index in [9.17, 15) is 4.79 Å². The van der Waals surface area contributed by atoms with Crippen LogP contribution in [-0.4, -0.2) is 5.91 Å². The Kier molecular flexibility index (Phi) is 4.50. The highest BCUT2D eigenvalue weighted by Gasteiger charge is 1.99. The zero-order valence-corrected chi connectivity index (χ0v) is 12.2. The first kappa shape index (κ1) is 13.5. The van der Waals surface area contributed by atoms with E-state index < -0.39 is 0 Å². The molecule has 1 heterocycles. The van der Waals surface area contributed by atoms with Crippen LogP contribution in [0.25, 0.3) is 6.08 Å². The van der Waals surface area contributed by atoms with Gasteiger partial charge in [0.1, 0.15) is 0 Å². The van der Waals surface area contributed by atoms with E-state index in [1.54, 1.807) is 41.7 Å². The predicted octanol–water partition coefficient (Wildman–Crippen LogP) is 4.03. The number of rotatable bonds is 3. The number of nitrogens with zero attached hydrogens (tertiary/aromatic N) is 1. The zero-order chi connectivity index (χ0) is 13.7. The molecule has 0 aliphatic heterocycles. The monoisotopic (exact) mass is 332 g/mol. The van der Waals surface area contributed by atoms with E-state index in [0.29, 0.717) is 11.3 Å². The van der Waals surface area contributed by atoms with Crippen molar-refractivity contribution in [3.05, 3.63) is 56.7 Å². The Labute approximate surface area is 123 Å². The molecule has 1 aromatic heterocycles. The van der Waals surface area contributed by atoms with Crippen LogP contribution in [0.1, 0.15) is 10.4 Å². The molecule has 1 N–H and O–H groups in total. The lowest BCUT2D eigenvalue weighted by molar-refractivity contribution is -0.111. The highest BCUT2D eigenvalue weighted by Crippen LogP contribution is 2.23. The molecule has 0 saturated heterocycles. The molecule has 1 aromatic carbocycles. The number of amides is 1. The van der Waals surface area contributed by atoms with Crippen LogP contribution < -0.4 is 5.32 Å². The molecule has 1 amide bonds. The lowest BCUT2D eigenvalue weighted by atomic mass is 10.2. The standard InChI is InChI=1S/C14H9BrN2OS/c15-13-6-4-12(19-13)5-7-14(18)17-11-3-1-2-10(8-11)9-16/h1-8H,(H,17,18)/b7-5+. The fourth-order valence-electron chi connectivity index (χ4n) is 1.43. The number of benzene rings is 1.